The molecule has 2 heterocycles. The highest BCUT2D eigenvalue weighted by molar-refractivity contribution is 6.16. The molecule has 1 unspecified atom stereocenters. The van der Waals surface area contributed by atoms with Crippen LogP contribution in [0.4, 0.5) is 0 Å². The largest absolute Gasteiger partial charge is 0.394 e. The normalized spacial score (nSPS) is 31.2. The van der Waals surface area contributed by atoms with E-state index in [1.807, 2.05) is 20.9 Å². The van der Waals surface area contributed by atoms with Gasteiger partial charge in [0.2, 0.25) is 13.9 Å². The highest BCUT2D eigenvalue weighted by Gasteiger charge is 2.46. The van der Waals surface area contributed by atoms with E-state index in [2.05, 4.69) is 4.90 Å². The molecule has 0 saturated carbocycles. The van der Waals surface area contributed by atoms with Crippen LogP contribution in [0.3, 0.4) is 0 Å². The van der Waals surface area contributed by atoms with Crippen LogP contribution in [0.5, 0.6) is 0 Å². The molecular weight excluding hydrogens is 203 g/mol. The Morgan fingerprint density at radius 3 is 2.62 bits per heavy atom. The second-order valence-corrected chi connectivity index (χ2v) is 4.18. The van der Waals surface area contributed by atoms with Crippen molar-refractivity contribution in [1.29, 1.82) is 0 Å². The zero-order valence-corrected chi connectivity index (χ0v) is 10.5. The number of carbonyl (C=O) groups is 1. The number of likely N-dealkylation sites (tertiary alicyclic amines) is 1. The Bertz CT molecular complexity index is 250. The summed E-state index contributed by atoms with van der Waals surface area (Å²) in [4.78, 5) is 15.4. The van der Waals surface area contributed by atoms with Crippen LogP contribution in [0.15, 0.2) is 0 Å². The Balaban J connectivity index is 0.000000606. The third-order valence-corrected chi connectivity index (χ3v) is 3.00. The predicted molar refractivity (Wildman–Crippen MR) is 64.2 cm³/mol. The molecule has 90 valence electrons. The van der Waals surface area contributed by atoms with Crippen LogP contribution in [0.1, 0.15) is 26.7 Å². The highest BCUT2D eigenvalue weighted by Crippen LogP contribution is 2.28. The number of amides is 1. The summed E-state index contributed by atoms with van der Waals surface area (Å²) in [7, 11) is 7.66. The molecule has 4 nitrogen and oxygen atoms in total. The van der Waals surface area contributed by atoms with E-state index in [0.717, 1.165) is 19.4 Å². The molecule has 1 atom stereocenters. The fraction of sp³-hybridized carbons (Fsp3) is 0.909. The number of ether oxygens (including phenoxy) is 1. The van der Waals surface area contributed by atoms with Crippen molar-refractivity contribution in [2.45, 2.75) is 32.3 Å². The van der Waals surface area contributed by atoms with Gasteiger partial charge in [-0.15, -0.1) is 0 Å². The van der Waals surface area contributed by atoms with Crippen LogP contribution < -0.4 is 0 Å². The Morgan fingerprint density at radius 2 is 2.06 bits per heavy atom. The van der Waals surface area contributed by atoms with Crippen molar-refractivity contribution in [3.8, 4) is 0 Å². The van der Waals surface area contributed by atoms with Crippen LogP contribution in [0.25, 0.3) is 0 Å². The molecule has 1 amide bonds. The van der Waals surface area contributed by atoms with Crippen molar-refractivity contribution in [3.63, 3.8) is 0 Å². The van der Waals surface area contributed by atoms with Gasteiger partial charge < -0.3 is 14.4 Å². The van der Waals surface area contributed by atoms with Gasteiger partial charge in [-0.25, -0.2) is 0 Å². The van der Waals surface area contributed by atoms with E-state index < -0.39 is 5.60 Å². The van der Waals surface area contributed by atoms with E-state index in [-0.39, 0.29) is 5.91 Å². The van der Waals surface area contributed by atoms with Crippen LogP contribution in [-0.2, 0) is 9.53 Å². The molecule has 0 bridgehead atoms. The third kappa shape index (κ3) is 2.58. The first-order valence-corrected chi connectivity index (χ1v) is 6.03. The van der Waals surface area contributed by atoms with Gasteiger partial charge in [0.15, 0.2) is 5.60 Å². The lowest BCUT2D eigenvalue weighted by atomic mass is 9.99. The third-order valence-electron chi connectivity index (χ3n) is 3.00. The first-order valence-electron chi connectivity index (χ1n) is 6.03. The maximum absolute atomic E-state index is 12.0. The number of nitrogens with zero attached hydrogens (tertiary/aromatic N) is 2. The van der Waals surface area contributed by atoms with Gasteiger partial charge >= 0.3 is 0 Å². The summed E-state index contributed by atoms with van der Waals surface area (Å²) in [6, 6.07) is 0. The molecule has 5 heteroatoms. The summed E-state index contributed by atoms with van der Waals surface area (Å²) in [5.74, 6) is -0.0562. The van der Waals surface area contributed by atoms with Gasteiger partial charge in [0, 0.05) is 26.2 Å². The zero-order valence-electron chi connectivity index (χ0n) is 10.5. The van der Waals surface area contributed by atoms with E-state index in [1.165, 1.54) is 4.81 Å². The second kappa shape index (κ2) is 5.68. The Hall–Kier alpha value is -0.545. The molecule has 0 aliphatic carbocycles. The highest BCUT2D eigenvalue weighted by atomic mass is 16.5. The lowest BCUT2D eigenvalue weighted by Gasteiger charge is -2.29. The molecule has 0 aromatic rings. The molecule has 16 heavy (non-hydrogen) atoms. The average Bonchev–Trinajstić information content (AvgIpc) is 2.63. The first-order chi connectivity index (χ1) is 7.64. The van der Waals surface area contributed by atoms with Crippen LogP contribution in [-0.4, -0.2) is 62.5 Å². The second-order valence-electron chi connectivity index (χ2n) is 4.18. The van der Waals surface area contributed by atoms with Crippen molar-refractivity contribution in [2.75, 3.05) is 33.3 Å². The molecule has 2 radical (unpaired) electrons. The van der Waals surface area contributed by atoms with Gasteiger partial charge in [-0.2, -0.15) is 0 Å². The number of hydrogen-bond donors (Lipinski definition) is 0. The molecule has 2 saturated heterocycles. The van der Waals surface area contributed by atoms with Crippen molar-refractivity contribution in [3.05, 3.63) is 0 Å². The van der Waals surface area contributed by atoms with Gasteiger partial charge in [0.25, 0.3) is 0 Å². The van der Waals surface area contributed by atoms with E-state index in [1.54, 1.807) is 0 Å². The minimum Gasteiger partial charge on any atom is -0.394 e. The number of rotatable bonds is 0. The molecule has 2 rings (SSSR count). The van der Waals surface area contributed by atoms with Crippen molar-refractivity contribution in [1.82, 2.24) is 9.71 Å². The van der Waals surface area contributed by atoms with Gasteiger partial charge in [0.1, 0.15) is 0 Å². The molecule has 2 fully saturated rings. The lowest BCUT2D eigenvalue weighted by molar-refractivity contribution is -0.148. The number of carbonyl (C=O) groups excluding carboxylic acids is 1. The zero-order chi connectivity index (χ0) is 12.2. The summed E-state index contributed by atoms with van der Waals surface area (Å²) >= 11 is 0. The first kappa shape index (κ1) is 13.5. The molecule has 0 N–H and O–H groups in total. The van der Waals surface area contributed by atoms with Gasteiger partial charge in [-0.3, -0.25) is 4.79 Å². The van der Waals surface area contributed by atoms with E-state index in [0.29, 0.717) is 19.7 Å². The fourth-order valence-electron chi connectivity index (χ4n) is 2.19. The Kier molecular flexibility index (Phi) is 4.80. The Morgan fingerprint density at radius 1 is 1.38 bits per heavy atom. The number of hydrogen-bond acceptors (Lipinski definition) is 3. The van der Waals surface area contributed by atoms with E-state index in [4.69, 9.17) is 12.7 Å². The van der Waals surface area contributed by atoms with Crippen molar-refractivity contribution < 1.29 is 9.53 Å². The standard InChI is InChI=1S/C9H15BN2O2.C2H6/c1-11-5-3-9(7-11)8(13)12(10)4-2-6-14-9;1-2/h2-7H2,1H3;1-2H3. The van der Waals surface area contributed by atoms with E-state index in [9.17, 15) is 4.79 Å². The molecule has 1 spiro atoms. The van der Waals surface area contributed by atoms with Crippen molar-refractivity contribution in [2.24, 2.45) is 0 Å². The van der Waals surface area contributed by atoms with Gasteiger partial charge in [-0.05, 0) is 19.9 Å². The molecule has 0 aromatic heterocycles. The molecule has 2 aliphatic rings. The summed E-state index contributed by atoms with van der Waals surface area (Å²) in [6.45, 7) is 6.80. The summed E-state index contributed by atoms with van der Waals surface area (Å²) in [5.41, 5.74) is -0.653. The number of likely N-dealkylation sites (N-methyl/N-ethyl adjacent to an activating group) is 1. The van der Waals surface area contributed by atoms with Crippen molar-refractivity contribution >= 4 is 13.9 Å². The monoisotopic (exact) mass is 224 g/mol. The minimum atomic E-state index is -0.653. The minimum absolute atomic E-state index is 0.0562. The SMILES string of the molecule is CC.[B]N1CCCOC2(CCN(C)C2)C1=O. The van der Waals surface area contributed by atoms with Crippen LogP contribution in [0.2, 0.25) is 0 Å². The maximum Gasteiger partial charge on any atom is 0.243 e. The summed E-state index contributed by atoms with van der Waals surface area (Å²) in [6.07, 6.45) is 1.59. The molecular formula is C11H21BN2O2. The molecule has 0 aromatic carbocycles. The lowest BCUT2D eigenvalue weighted by Crippen LogP contribution is -2.49. The van der Waals surface area contributed by atoms with Crippen LogP contribution in [0, 0.1) is 0 Å². The van der Waals surface area contributed by atoms with E-state index >= 15 is 0 Å². The quantitative estimate of drug-likeness (QED) is 0.559. The molecule has 2 aliphatic heterocycles. The predicted octanol–water partition coefficient (Wildman–Crippen LogP) is 0.419. The average molecular weight is 224 g/mol. The fourth-order valence-corrected chi connectivity index (χ4v) is 2.19. The van der Waals surface area contributed by atoms with Gasteiger partial charge in [-0.1, -0.05) is 13.8 Å². The van der Waals surface area contributed by atoms with Crippen LogP contribution >= 0.6 is 0 Å². The summed E-state index contributed by atoms with van der Waals surface area (Å²) in [5, 5.41) is 0. The summed E-state index contributed by atoms with van der Waals surface area (Å²) < 4.78 is 5.69. The maximum atomic E-state index is 12.0. The topological polar surface area (TPSA) is 32.8 Å². The smallest absolute Gasteiger partial charge is 0.243 e. The Labute approximate surface area is 99.4 Å². The van der Waals surface area contributed by atoms with Gasteiger partial charge in [0.05, 0.1) is 0 Å².